The highest BCUT2D eigenvalue weighted by Crippen LogP contribution is 2.55. The van der Waals surface area contributed by atoms with Gasteiger partial charge < -0.3 is 9.47 Å². The average molecular weight is 442 g/mol. The van der Waals surface area contributed by atoms with Crippen molar-refractivity contribution < 1.29 is 17.9 Å². The molecule has 2 aliphatic rings. The van der Waals surface area contributed by atoms with E-state index in [1.807, 2.05) is 19.1 Å². The molecule has 0 radical (unpaired) electrons. The van der Waals surface area contributed by atoms with Gasteiger partial charge >= 0.3 is 0 Å². The van der Waals surface area contributed by atoms with Crippen molar-refractivity contribution in [2.45, 2.75) is 57.0 Å². The van der Waals surface area contributed by atoms with Crippen molar-refractivity contribution in [3.05, 3.63) is 59.2 Å². The fourth-order valence-corrected chi connectivity index (χ4v) is 6.07. The van der Waals surface area contributed by atoms with Gasteiger partial charge in [-0.2, -0.15) is 0 Å². The second-order valence-electron chi connectivity index (χ2n) is 9.25. The van der Waals surface area contributed by atoms with E-state index >= 15 is 0 Å². The Bertz CT molecular complexity index is 1130. The molecule has 4 rings (SSSR count). The maximum atomic E-state index is 13.2. The van der Waals surface area contributed by atoms with Gasteiger partial charge in [0.15, 0.2) is 0 Å². The fourth-order valence-electron chi connectivity index (χ4n) is 4.89. The zero-order valence-corrected chi connectivity index (χ0v) is 19.9. The predicted octanol–water partition coefficient (Wildman–Crippen LogP) is 5.44. The van der Waals surface area contributed by atoms with Crippen LogP contribution < -0.4 is 13.8 Å². The highest BCUT2D eigenvalue weighted by molar-refractivity contribution is 7.92. The van der Waals surface area contributed by atoms with Crippen LogP contribution in [0.1, 0.15) is 50.7 Å². The van der Waals surface area contributed by atoms with Crippen molar-refractivity contribution in [3.63, 3.8) is 0 Å². The number of aryl methyl sites for hydroxylation is 1. The normalized spacial score (nSPS) is 21.9. The molecule has 0 bridgehead atoms. The Balaban J connectivity index is 1.81. The van der Waals surface area contributed by atoms with Crippen LogP contribution >= 0.6 is 0 Å². The molecule has 31 heavy (non-hydrogen) atoms. The molecule has 2 aromatic rings. The lowest BCUT2D eigenvalue weighted by atomic mass is 9.67. The molecule has 2 aromatic carbocycles. The summed E-state index contributed by atoms with van der Waals surface area (Å²) >= 11 is 0. The van der Waals surface area contributed by atoms with Crippen LogP contribution in [-0.2, 0) is 10.0 Å². The molecule has 1 aliphatic heterocycles. The summed E-state index contributed by atoms with van der Waals surface area (Å²) in [5, 5.41) is 0. The number of hydrogen-bond donors (Lipinski definition) is 0. The predicted molar refractivity (Wildman–Crippen MR) is 124 cm³/mol. The van der Waals surface area contributed by atoms with Crippen LogP contribution in [0.2, 0.25) is 0 Å². The number of anilines is 1. The van der Waals surface area contributed by atoms with Gasteiger partial charge in [-0.3, -0.25) is 4.31 Å². The monoisotopic (exact) mass is 441 g/mol. The van der Waals surface area contributed by atoms with Crippen LogP contribution in [0, 0.1) is 12.8 Å². The maximum Gasteiger partial charge on any atom is 0.264 e. The van der Waals surface area contributed by atoms with Gasteiger partial charge in [0.1, 0.15) is 17.1 Å². The van der Waals surface area contributed by atoms with E-state index in [2.05, 4.69) is 26.8 Å². The molecule has 0 saturated carbocycles. The van der Waals surface area contributed by atoms with Gasteiger partial charge in [0.05, 0.1) is 17.7 Å². The second-order valence-corrected chi connectivity index (χ2v) is 11.2. The lowest BCUT2D eigenvalue weighted by Crippen LogP contribution is -2.45. The van der Waals surface area contributed by atoms with E-state index in [-0.39, 0.29) is 16.4 Å². The van der Waals surface area contributed by atoms with Crippen molar-refractivity contribution in [1.29, 1.82) is 0 Å². The number of hydrogen-bond acceptors (Lipinski definition) is 4. The van der Waals surface area contributed by atoms with Crippen LogP contribution in [0.4, 0.5) is 5.69 Å². The molecule has 0 unspecified atom stereocenters. The number of rotatable bonds is 4. The van der Waals surface area contributed by atoms with Gasteiger partial charge in [-0.25, -0.2) is 8.42 Å². The van der Waals surface area contributed by atoms with Crippen LogP contribution in [0.5, 0.6) is 11.5 Å². The molecule has 0 N–H and O–H groups in total. The van der Waals surface area contributed by atoms with Crippen molar-refractivity contribution >= 4 is 15.7 Å². The van der Waals surface area contributed by atoms with Gasteiger partial charge in [0.2, 0.25) is 0 Å². The zero-order chi connectivity index (χ0) is 22.6. The van der Waals surface area contributed by atoms with E-state index in [9.17, 15) is 8.42 Å². The summed E-state index contributed by atoms with van der Waals surface area (Å²) in [6, 6.07) is 10.5. The summed E-state index contributed by atoms with van der Waals surface area (Å²) in [7, 11) is -0.505. The smallest absolute Gasteiger partial charge is 0.264 e. The SMILES string of the molecule is COc1cc(N(C)S(=O)(=O)c2ccc(C)cc2)cc2c1[C@H]1CC(C)=CC[C@@H]1C(C)(C)O2. The third-order valence-electron chi connectivity index (χ3n) is 6.74. The first-order valence-corrected chi connectivity index (χ1v) is 12.1. The molecule has 6 heteroatoms. The molecule has 0 aromatic heterocycles. The molecule has 0 spiro atoms. The van der Waals surface area contributed by atoms with E-state index in [4.69, 9.17) is 9.47 Å². The van der Waals surface area contributed by atoms with Crippen molar-refractivity contribution in [3.8, 4) is 11.5 Å². The fraction of sp³-hybridized carbons (Fsp3) is 0.440. The summed E-state index contributed by atoms with van der Waals surface area (Å²) in [4.78, 5) is 0.256. The Kier molecular flexibility index (Phi) is 5.32. The summed E-state index contributed by atoms with van der Waals surface area (Å²) in [6.45, 7) is 8.34. The Morgan fingerprint density at radius 3 is 2.45 bits per heavy atom. The Morgan fingerprint density at radius 2 is 1.81 bits per heavy atom. The number of sulfonamides is 1. The minimum absolute atomic E-state index is 0.256. The topological polar surface area (TPSA) is 55.8 Å². The largest absolute Gasteiger partial charge is 0.496 e. The Hall–Kier alpha value is -2.47. The summed E-state index contributed by atoms with van der Waals surface area (Å²) in [5.41, 5.74) is 3.60. The van der Waals surface area contributed by atoms with E-state index < -0.39 is 10.0 Å². The first kappa shape index (κ1) is 21.8. The van der Waals surface area contributed by atoms with Crippen molar-refractivity contribution in [2.24, 2.45) is 5.92 Å². The first-order valence-electron chi connectivity index (χ1n) is 10.7. The number of nitrogens with zero attached hydrogens (tertiary/aromatic N) is 1. The van der Waals surface area contributed by atoms with Gasteiger partial charge in [-0.05, 0) is 52.7 Å². The summed E-state index contributed by atoms with van der Waals surface area (Å²) in [5.74, 6) is 2.02. The number of fused-ring (bicyclic) bond motifs is 3. The highest BCUT2D eigenvalue weighted by atomic mass is 32.2. The minimum Gasteiger partial charge on any atom is -0.496 e. The molecule has 166 valence electrons. The maximum absolute atomic E-state index is 13.2. The number of ether oxygens (including phenoxy) is 2. The van der Waals surface area contributed by atoms with Crippen molar-refractivity contribution in [2.75, 3.05) is 18.5 Å². The first-order chi connectivity index (χ1) is 14.5. The Morgan fingerprint density at radius 1 is 1.13 bits per heavy atom. The molecule has 0 saturated heterocycles. The van der Waals surface area contributed by atoms with Gasteiger partial charge in [0.25, 0.3) is 10.0 Å². The highest BCUT2D eigenvalue weighted by Gasteiger charge is 2.46. The van der Waals surface area contributed by atoms with Crippen molar-refractivity contribution in [1.82, 2.24) is 0 Å². The molecule has 0 amide bonds. The summed E-state index contributed by atoms with van der Waals surface area (Å²) in [6.07, 6.45) is 4.23. The molecule has 2 atom stereocenters. The molecule has 1 aliphatic carbocycles. The van der Waals surface area contributed by atoms with Crippen LogP contribution in [-0.4, -0.2) is 28.2 Å². The van der Waals surface area contributed by atoms with E-state index in [1.165, 1.54) is 9.88 Å². The molecular formula is C25H31NO4S. The number of allylic oxidation sites excluding steroid dienone is 2. The second kappa shape index (κ2) is 7.59. The number of methoxy groups -OCH3 is 1. The zero-order valence-electron chi connectivity index (χ0n) is 19.1. The third-order valence-corrected chi connectivity index (χ3v) is 8.54. The quantitative estimate of drug-likeness (QED) is 0.593. The van der Waals surface area contributed by atoms with Gasteiger partial charge in [-0.15, -0.1) is 0 Å². The van der Waals surface area contributed by atoms with Crippen LogP contribution in [0.3, 0.4) is 0 Å². The van der Waals surface area contributed by atoms with Crippen LogP contribution in [0.15, 0.2) is 52.9 Å². The third kappa shape index (κ3) is 3.71. The van der Waals surface area contributed by atoms with E-state index in [0.717, 1.165) is 24.0 Å². The standard InChI is InChI=1S/C25H31NO4S/c1-16-7-10-19(11-8-16)31(27,28)26(5)18-14-22(29-6)24-20-13-17(2)9-12-21(20)25(3,4)30-23(24)15-18/h7-11,14-15,20-21H,12-13H2,1-6H3/t20-,21-/m0/s1. The summed E-state index contributed by atoms with van der Waals surface area (Å²) < 4.78 is 40.0. The van der Waals surface area contributed by atoms with Gasteiger partial charge in [-0.1, -0.05) is 29.3 Å². The minimum atomic E-state index is -3.71. The Labute approximate surface area is 185 Å². The lowest BCUT2D eigenvalue weighted by molar-refractivity contribution is 0.00765. The van der Waals surface area contributed by atoms with Gasteiger partial charge in [0, 0.05) is 36.6 Å². The lowest BCUT2D eigenvalue weighted by Gasteiger charge is -2.47. The molecule has 1 heterocycles. The van der Waals surface area contributed by atoms with Crippen LogP contribution in [0.25, 0.3) is 0 Å². The number of benzene rings is 2. The average Bonchev–Trinajstić information content (AvgIpc) is 2.71. The molecule has 5 nitrogen and oxygen atoms in total. The molecular weight excluding hydrogens is 410 g/mol. The van der Waals surface area contributed by atoms with E-state index in [1.54, 1.807) is 38.4 Å². The van der Waals surface area contributed by atoms with E-state index in [0.29, 0.717) is 23.1 Å². The molecule has 0 fully saturated rings.